The molecule has 2 aromatic carbocycles. The Balaban J connectivity index is 1.27. The number of rotatable bonds is 23. The van der Waals surface area contributed by atoms with E-state index in [1.54, 1.807) is 42.9 Å². The molecule has 0 saturated heterocycles. The van der Waals surface area contributed by atoms with Crippen LogP contribution in [-0.2, 0) is 38.4 Å². The second-order valence-corrected chi connectivity index (χ2v) is 13.6. The number of amides is 3. The van der Waals surface area contributed by atoms with E-state index in [1.165, 1.54) is 58.3 Å². The third-order valence-electron chi connectivity index (χ3n) is 9.50. The predicted molar refractivity (Wildman–Crippen MR) is 208 cm³/mol. The maximum atomic E-state index is 14.2. The van der Waals surface area contributed by atoms with Gasteiger partial charge in [-0.15, -0.1) is 0 Å². The second kappa shape index (κ2) is 21.1. The number of H-pyrrole nitrogens is 3. The number of hydrogen-bond acceptors (Lipinski definition) is 8. The summed E-state index contributed by atoms with van der Waals surface area (Å²) in [5.74, 6) is -1.68. The van der Waals surface area contributed by atoms with Gasteiger partial charge in [0.1, 0.15) is 23.9 Å². The van der Waals surface area contributed by atoms with E-state index >= 15 is 0 Å². The number of esters is 1. The lowest BCUT2D eigenvalue weighted by molar-refractivity contribution is -0.145. The summed E-state index contributed by atoms with van der Waals surface area (Å²) in [5.41, 5.74) is 3.22. The number of fused-ring (bicyclic) bond motifs is 1. The van der Waals surface area contributed by atoms with Crippen LogP contribution >= 0.6 is 0 Å². The van der Waals surface area contributed by atoms with Crippen LogP contribution in [0.25, 0.3) is 10.9 Å². The lowest BCUT2D eigenvalue weighted by Crippen LogP contribution is -2.57. The number of methoxy groups -OCH3 is 1. The molecule has 3 amide bonds. The van der Waals surface area contributed by atoms with Crippen LogP contribution in [0, 0.1) is 0 Å². The lowest BCUT2D eigenvalue weighted by Gasteiger charge is -2.25. The fourth-order valence-electron chi connectivity index (χ4n) is 6.42. The van der Waals surface area contributed by atoms with Gasteiger partial charge in [0.2, 0.25) is 11.8 Å². The van der Waals surface area contributed by atoms with E-state index in [4.69, 9.17) is 9.47 Å². The molecule has 5 aromatic rings. The Morgan fingerprint density at radius 3 is 1.93 bits per heavy atom. The van der Waals surface area contributed by atoms with Crippen LogP contribution in [0.15, 0.2) is 79.8 Å². The average molecular weight is 753 g/mol. The SMILES string of the molecule is CCCCCCCCCCOc1ccc(C(=O)N[C@@H](Cc2c[nH]c3ccccc23)C(=O)N[C@@H](Cc2cnc[nH]2)C(=O)N[C@@H](Cc2cnc[nH]2)C(=O)OC)cc1. The van der Waals surface area contributed by atoms with Crippen LogP contribution in [0.2, 0.25) is 0 Å². The Bertz CT molecular complexity index is 1920. The van der Waals surface area contributed by atoms with Crippen molar-refractivity contribution in [1.29, 1.82) is 0 Å². The first-order valence-corrected chi connectivity index (χ1v) is 19.1. The van der Waals surface area contributed by atoms with Crippen LogP contribution in [0.5, 0.6) is 5.75 Å². The van der Waals surface area contributed by atoms with Crippen LogP contribution in [0.3, 0.4) is 0 Å². The number of ether oxygens (including phenoxy) is 2. The molecular formula is C41H52N8O6. The van der Waals surface area contributed by atoms with E-state index in [0.29, 0.717) is 29.3 Å². The van der Waals surface area contributed by atoms with Gasteiger partial charge in [0.05, 0.1) is 26.4 Å². The molecule has 3 aromatic heterocycles. The number of benzene rings is 2. The highest BCUT2D eigenvalue weighted by molar-refractivity contribution is 5.99. The molecule has 0 aliphatic carbocycles. The summed E-state index contributed by atoms with van der Waals surface area (Å²) in [6.45, 7) is 2.82. The van der Waals surface area contributed by atoms with Crippen molar-refractivity contribution in [3.05, 3.63) is 102 Å². The van der Waals surface area contributed by atoms with Crippen molar-refractivity contribution >= 4 is 34.6 Å². The summed E-state index contributed by atoms with van der Waals surface area (Å²) >= 11 is 0. The van der Waals surface area contributed by atoms with Gasteiger partial charge in [0.15, 0.2) is 0 Å². The zero-order chi connectivity index (χ0) is 38.8. The molecule has 14 heteroatoms. The van der Waals surface area contributed by atoms with Crippen molar-refractivity contribution in [2.24, 2.45) is 0 Å². The first-order chi connectivity index (χ1) is 26.8. The van der Waals surface area contributed by atoms with Crippen molar-refractivity contribution in [2.45, 2.75) is 95.7 Å². The Kier molecular flexibility index (Phi) is 15.4. The maximum absolute atomic E-state index is 14.2. The number of nitrogens with zero attached hydrogens (tertiary/aromatic N) is 2. The summed E-state index contributed by atoms with van der Waals surface area (Å²) < 4.78 is 10.9. The van der Waals surface area contributed by atoms with Crippen molar-refractivity contribution in [2.75, 3.05) is 13.7 Å². The average Bonchev–Trinajstić information content (AvgIpc) is 4.00. The third kappa shape index (κ3) is 12.3. The topological polar surface area (TPSA) is 196 Å². The number of para-hydroxylation sites is 1. The maximum Gasteiger partial charge on any atom is 0.328 e. The van der Waals surface area contributed by atoms with Crippen molar-refractivity contribution < 1.29 is 28.7 Å². The molecule has 0 unspecified atom stereocenters. The molecule has 0 radical (unpaired) electrons. The van der Waals surface area contributed by atoms with Gasteiger partial charge in [-0.3, -0.25) is 14.4 Å². The highest BCUT2D eigenvalue weighted by Gasteiger charge is 2.31. The summed E-state index contributed by atoms with van der Waals surface area (Å²) in [6.07, 6.45) is 17.8. The fraction of sp³-hybridized carbons (Fsp3) is 0.415. The molecule has 6 N–H and O–H groups in total. The van der Waals surface area contributed by atoms with E-state index in [2.05, 4.69) is 47.8 Å². The van der Waals surface area contributed by atoms with Crippen LogP contribution in [0.1, 0.15) is 85.6 Å². The van der Waals surface area contributed by atoms with Crippen LogP contribution in [-0.4, -0.2) is 80.5 Å². The minimum absolute atomic E-state index is 0.0314. The Labute approximate surface area is 321 Å². The number of carbonyl (C=O) groups excluding carboxylic acids is 4. The molecule has 3 heterocycles. The molecule has 0 fully saturated rings. The van der Waals surface area contributed by atoms with Crippen molar-refractivity contribution in [3.8, 4) is 5.75 Å². The number of unbranched alkanes of at least 4 members (excludes halogenated alkanes) is 7. The summed E-state index contributed by atoms with van der Waals surface area (Å²) in [7, 11) is 1.23. The molecule has 292 valence electrons. The van der Waals surface area contributed by atoms with E-state index in [-0.39, 0.29) is 19.3 Å². The molecule has 14 nitrogen and oxygen atoms in total. The van der Waals surface area contributed by atoms with Gasteiger partial charge in [-0.1, -0.05) is 70.1 Å². The minimum atomic E-state index is -1.15. The quantitative estimate of drug-likeness (QED) is 0.0392. The second-order valence-electron chi connectivity index (χ2n) is 13.6. The van der Waals surface area contributed by atoms with Crippen molar-refractivity contribution in [1.82, 2.24) is 40.9 Å². The highest BCUT2D eigenvalue weighted by atomic mass is 16.5. The van der Waals surface area contributed by atoms with E-state index in [0.717, 1.165) is 29.3 Å². The Morgan fingerprint density at radius 2 is 1.29 bits per heavy atom. The number of aromatic nitrogens is 5. The van der Waals surface area contributed by atoms with Gasteiger partial charge >= 0.3 is 5.97 Å². The zero-order valence-corrected chi connectivity index (χ0v) is 31.6. The van der Waals surface area contributed by atoms with Crippen molar-refractivity contribution in [3.63, 3.8) is 0 Å². The molecule has 0 saturated carbocycles. The van der Waals surface area contributed by atoms with Gasteiger partial charge in [0, 0.05) is 65.7 Å². The number of aromatic amines is 3. The fourth-order valence-corrected chi connectivity index (χ4v) is 6.42. The van der Waals surface area contributed by atoms with E-state index < -0.39 is 41.8 Å². The van der Waals surface area contributed by atoms with Gasteiger partial charge in [-0.05, 0) is 42.3 Å². The summed E-state index contributed by atoms with van der Waals surface area (Å²) in [5, 5.41) is 9.36. The molecule has 0 bridgehead atoms. The number of nitrogens with one attached hydrogen (secondary N) is 6. The monoisotopic (exact) mass is 752 g/mol. The molecule has 0 spiro atoms. The smallest absolute Gasteiger partial charge is 0.328 e. The molecule has 5 rings (SSSR count). The van der Waals surface area contributed by atoms with Gasteiger partial charge in [-0.25, -0.2) is 14.8 Å². The van der Waals surface area contributed by atoms with Crippen LogP contribution in [0.4, 0.5) is 0 Å². The molecular weight excluding hydrogens is 701 g/mol. The highest BCUT2D eigenvalue weighted by Crippen LogP contribution is 2.20. The minimum Gasteiger partial charge on any atom is -0.494 e. The normalized spacial score (nSPS) is 12.8. The van der Waals surface area contributed by atoms with Gasteiger partial charge in [0.25, 0.3) is 5.91 Å². The first-order valence-electron chi connectivity index (χ1n) is 19.1. The van der Waals surface area contributed by atoms with Crippen LogP contribution < -0.4 is 20.7 Å². The molecule has 55 heavy (non-hydrogen) atoms. The standard InChI is InChI=1S/C41H52N8O6/c1-3-4-5-6-7-8-9-12-19-55-32-17-15-28(16-18-32)38(50)47-35(20-29-23-44-34-14-11-10-13-33(29)34)39(51)48-36(21-30-24-42-26-45-30)40(52)49-37(41(53)54-2)22-31-25-43-27-46-31/h10-11,13-18,23-27,35-37,44H,3-9,12,19-22H2,1-2H3,(H,42,45)(H,43,46)(H,47,50)(H,48,51)(H,49,52)/t35-,36-,37-/m0/s1. The largest absolute Gasteiger partial charge is 0.494 e. The Morgan fingerprint density at radius 1 is 0.691 bits per heavy atom. The molecule has 0 aliphatic rings. The van der Waals surface area contributed by atoms with Gasteiger partial charge in [-0.2, -0.15) is 0 Å². The summed E-state index contributed by atoms with van der Waals surface area (Å²) in [4.78, 5) is 71.5. The number of carbonyl (C=O) groups is 4. The summed E-state index contributed by atoms with van der Waals surface area (Å²) in [6, 6.07) is 11.2. The predicted octanol–water partition coefficient (Wildman–Crippen LogP) is 5.10. The number of imidazole rings is 2. The number of hydrogen-bond donors (Lipinski definition) is 6. The first kappa shape index (κ1) is 40.3. The third-order valence-corrected chi connectivity index (χ3v) is 9.50. The van der Waals surface area contributed by atoms with Gasteiger partial charge < -0.3 is 40.4 Å². The van der Waals surface area contributed by atoms with E-state index in [9.17, 15) is 19.2 Å². The Hall–Kier alpha value is -5.92. The molecule has 3 atom stereocenters. The molecule has 0 aliphatic heterocycles. The van der Waals surface area contributed by atoms with E-state index in [1.807, 2.05) is 24.3 Å². The zero-order valence-electron chi connectivity index (χ0n) is 31.6. The lowest BCUT2D eigenvalue weighted by atomic mass is 10.0.